The van der Waals surface area contributed by atoms with Crippen molar-refractivity contribution in [3.8, 4) is 0 Å². The fraction of sp³-hybridized carbons (Fsp3) is 0.176. The van der Waals surface area contributed by atoms with Crippen molar-refractivity contribution in [1.29, 1.82) is 0 Å². The van der Waals surface area contributed by atoms with Crippen molar-refractivity contribution in [2.24, 2.45) is 0 Å². The summed E-state index contributed by atoms with van der Waals surface area (Å²) in [7, 11) is 1.50. The number of hydrogen-bond acceptors (Lipinski definition) is 4. The second kappa shape index (κ2) is 8.24. The molecule has 1 atom stereocenters. The van der Waals surface area contributed by atoms with Crippen LogP contribution in [-0.4, -0.2) is 25.5 Å². The Morgan fingerprint density at radius 3 is 2.23 bits per heavy atom. The monoisotopic (exact) mass is 315 g/mol. The van der Waals surface area contributed by atoms with Crippen LogP contribution in [0.25, 0.3) is 0 Å². The molecule has 0 heterocycles. The molecule has 0 saturated heterocycles. The first-order chi connectivity index (χ1) is 10.7. The Bertz CT molecular complexity index is 616. The lowest BCUT2D eigenvalue weighted by Gasteiger charge is -2.16. The Morgan fingerprint density at radius 1 is 1.05 bits per heavy atom. The van der Waals surface area contributed by atoms with Crippen LogP contribution in [0.5, 0.6) is 0 Å². The van der Waals surface area contributed by atoms with Gasteiger partial charge in [0.15, 0.2) is 6.61 Å². The van der Waals surface area contributed by atoms with E-state index in [1.54, 1.807) is 0 Å². The Labute approximate surface area is 133 Å². The number of benzene rings is 2. The third-order valence-corrected chi connectivity index (χ3v) is 4.18. The van der Waals surface area contributed by atoms with E-state index in [0.717, 1.165) is 10.5 Å². The number of hydrogen-bond donors (Lipinski definition) is 1. The van der Waals surface area contributed by atoms with Gasteiger partial charge in [-0.1, -0.05) is 48.5 Å². The molecule has 4 nitrogen and oxygen atoms in total. The molecular formula is C17H17NO3S. The van der Waals surface area contributed by atoms with Crippen LogP contribution < -0.4 is 5.32 Å². The van der Waals surface area contributed by atoms with E-state index in [0.29, 0.717) is 0 Å². The maximum Gasteiger partial charge on any atom is 0.324 e. The number of amides is 1. The lowest BCUT2D eigenvalue weighted by Crippen LogP contribution is -2.26. The van der Waals surface area contributed by atoms with Crippen LogP contribution in [0.4, 0.5) is 0 Å². The summed E-state index contributed by atoms with van der Waals surface area (Å²) in [6.07, 6.45) is 0. The normalized spacial score (nSPS) is 11.5. The van der Waals surface area contributed by atoms with Crippen molar-refractivity contribution < 1.29 is 14.3 Å². The topological polar surface area (TPSA) is 55.4 Å². The van der Waals surface area contributed by atoms with Crippen LogP contribution in [0.2, 0.25) is 0 Å². The Kier molecular flexibility index (Phi) is 6.03. The van der Waals surface area contributed by atoms with Crippen molar-refractivity contribution >= 4 is 23.6 Å². The largest absolute Gasteiger partial charge is 0.454 e. The number of carbonyl (C=O) groups is 2. The average Bonchev–Trinajstić information content (AvgIpc) is 2.59. The van der Waals surface area contributed by atoms with Gasteiger partial charge in [0.25, 0.3) is 5.91 Å². The number of nitrogens with one attached hydrogen (secondary N) is 1. The zero-order valence-electron chi connectivity index (χ0n) is 12.2. The Morgan fingerprint density at radius 2 is 1.64 bits per heavy atom. The minimum Gasteiger partial charge on any atom is -0.454 e. The highest BCUT2D eigenvalue weighted by molar-refractivity contribution is 8.00. The molecule has 0 unspecified atom stereocenters. The van der Waals surface area contributed by atoms with Crippen LogP contribution in [0.3, 0.4) is 0 Å². The first kappa shape index (κ1) is 16.1. The molecule has 0 aliphatic heterocycles. The molecule has 0 radical (unpaired) electrons. The zero-order chi connectivity index (χ0) is 15.8. The number of likely N-dealkylation sites (N-methyl/N-ethyl adjacent to an activating group) is 1. The van der Waals surface area contributed by atoms with E-state index < -0.39 is 11.2 Å². The first-order valence-corrected chi connectivity index (χ1v) is 7.72. The van der Waals surface area contributed by atoms with Gasteiger partial charge < -0.3 is 10.1 Å². The molecule has 22 heavy (non-hydrogen) atoms. The van der Waals surface area contributed by atoms with Crippen molar-refractivity contribution in [3.63, 3.8) is 0 Å². The average molecular weight is 315 g/mol. The molecule has 0 spiro atoms. The lowest BCUT2D eigenvalue weighted by molar-refractivity contribution is -0.147. The lowest BCUT2D eigenvalue weighted by atomic mass is 10.1. The molecule has 1 N–H and O–H groups in total. The third-order valence-electron chi connectivity index (χ3n) is 2.94. The van der Waals surface area contributed by atoms with Crippen molar-refractivity contribution in [1.82, 2.24) is 5.32 Å². The van der Waals surface area contributed by atoms with Crippen molar-refractivity contribution in [2.45, 2.75) is 10.1 Å². The minimum absolute atomic E-state index is 0.270. The summed E-state index contributed by atoms with van der Waals surface area (Å²) in [5.74, 6) is -0.756. The summed E-state index contributed by atoms with van der Waals surface area (Å²) in [5.41, 5.74) is 0.846. The van der Waals surface area contributed by atoms with Gasteiger partial charge in [-0.25, -0.2) is 0 Å². The quantitative estimate of drug-likeness (QED) is 0.658. The molecule has 5 heteroatoms. The van der Waals surface area contributed by atoms with Gasteiger partial charge in [-0.05, 0) is 17.7 Å². The summed E-state index contributed by atoms with van der Waals surface area (Å²) in [5, 5.41) is 1.92. The van der Waals surface area contributed by atoms with Crippen LogP contribution >= 0.6 is 11.8 Å². The first-order valence-electron chi connectivity index (χ1n) is 6.84. The summed E-state index contributed by atoms with van der Waals surface area (Å²) < 4.78 is 5.11. The number of carbonyl (C=O) groups excluding carboxylic acids is 2. The summed E-state index contributed by atoms with van der Waals surface area (Å²) >= 11 is 1.40. The van der Waals surface area contributed by atoms with Gasteiger partial charge in [0.05, 0.1) is 0 Å². The molecule has 2 aromatic carbocycles. The molecule has 1 amide bonds. The van der Waals surface area contributed by atoms with E-state index in [-0.39, 0.29) is 12.5 Å². The van der Waals surface area contributed by atoms with Crippen LogP contribution in [0.1, 0.15) is 10.8 Å². The number of esters is 1. The fourth-order valence-electron chi connectivity index (χ4n) is 1.80. The van der Waals surface area contributed by atoms with Gasteiger partial charge in [0.1, 0.15) is 5.25 Å². The smallest absolute Gasteiger partial charge is 0.324 e. The molecule has 0 aliphatic carbocycles. The Balaban J connectivity index is 2.15. The summed E-state index contributed by atoms with van der Waals surface area (Å²) in [6.45, 7) is -0.270. The number of thioether (sulfide) groups is 1. The fourth-order valence-corrected chi connectivity index (χ4v) is 2.84. The summed E-state index contributed by atoms with van der Waals surface area (Å²) in [6, 6.07) is 19.0. The zero-order valence-corrected chi connectivity index (χ0v) is 13.0. The molecule has 0 saturated carbocycles. The highest BCUT2D eigenvalue weighted by Gasteiger charge is 2.24. The van der Waals surface area contributed by atoms with Gasteiger partial charge in [0, 0.05) is 11.9 Å². The predicted molar refractivity (Wildman–Crippen MR) is 86.5 cm³/mol. The van der Waals surface area contributed by atoms with Gasteiger partial charge in [-0.2, -0.15) is 0 Å². The molecule has 2 aromatic rings. The van der Waals surface area contributed by atoms with Gasteiger partial charge in [0.2, 0.25) is 0 Å². The second-order valence-electron chi connectivity index (χ2n) is 4.50. The van der Waals surface area contributed by atoms with Crippen LogP contribution in [0, 0.1) is 0 Å². The third kappa shape index (κ3) is 4.63. The molecule has 2 rings (SSSR count). The van der Waals surface area contributed by atoms with E-state index in [1.165, 1.54) is 18.8 Å². The summed E-state index contributed by atoms with van der Waals surface area (Å²) in [4.78, 5) is 24.5. The maximum absolute atomic E-state index is 12.3. The highest BCUT2D eigenvalue weighted by atomic mass is 32.2. The van der Waals surface area contributed by atoms with E-state index in [9.17, 15) is 9.59 Å². The van der Waals surface area contributed by atoms with Crippen LogP contribution in [0.15, 0.2) is 65.6 Å². The Hall–Kier alpha value is -2.27. The van der Waals surface area contributed by atoms with Crippen LogP contribution in [-0.2, 0) is 14.3 Å². The van der Waals surface area contributed by atoms with E-state index in [4.69, 9.17) is 4.74 Å². The number of rotatable bonds is 6. The van der Waals surface area contributed by atoms with Crippen molar-refractivity contribution in [2.75, 3.05) is 13.7 Å². The standard InChI is InChI=1S/C17H17NO3S/c1-18-15(19)12-21-17(20)16(13-8-4-2-5-9-13)22-14-10-6-3-7-11-14/h2-11,16H,12H2,1H3,(H,18,19)/t16-/m0/s1. The molecule has 0 aliphatic rings. The molecule has 114 valence electrons. The minimum atomic E-state index is -0.506. The van der Waals surface area contributed by atoms with Gasteiger partial charge >= 0.3 is 5.97 Å². The maximum atomic E-state index is 12.3. The van der Waals surface area contributed by atoms with E-state index in [2.05, 4.69) is 5.32 Å². The second-order valence-corrected chi connectivity index (χ2v) is 5.68. The van der Waals surface area contributed by atoms with Gasteiger partial charge in [-0.15, -0.1) is 11.8 Å². The van der Waals surface area contributed by atoms with E-state index >= 15 is 0 Å². The molecule has 0 bridgehead atoms. The van der Waals surface area contributed by atoms with Crippen molar-refractivity contribution in [3.05, 3.63) is 66.2 Å². The number of ether oxygens (including phenoxy) is 1. The molecule has 0 aromatic heterocycles. The molecular weight excluding hydrogens is 298 g/mol. The van der Waals surface area contributed by atoms with Gasteiger partial charge in [-0.3, -0.25) is 9.59 Å². The SMILES string of the molecule is CNC(=O)COC(=O)[C@@H](Sc1ccccc1)c1ccccc1. The highest BCUT2D eigenvalue weighted by Crippen LogP contribution is 2.35. The molecule has 0 fully saturated rings. The van der Waals surface area contributed by atoms with E-state index in [1.807, 2.05) is 60.7 Å². The predicted octanol–water partition coefficient (Wildman–Crippen LogP) is 2.81.